The first-order valence-corrected chi connectivity index (χ1v) is 7.78. The third-order valence-corrected chi connectivity index (χ3v) is 3.77. The summed E-state index contributed by atoms with van der Waals surface area (Å²) in [5.74, 6) is -0.253. The largest absolute Gasteiger partial charge is 0.398 e. The van der Waals surface area contributed by atoms with E-state index in [1.54, 1.807) is 23.1 Å². The molecule has 1 aliphatic heterocycles. The molecule has 1 aromatic carbocycles. The van der Waals surface area contributed by atoms with E-state index in [0.717, 1.165) is 5.56 Å². The normalized spacial score (nSPS) is 17.3. The van der Waals surface area contributed by atoms with Crippen LogP contribution in [0.4, 0.5) is 11.4 Å². The summed E-state index contributed by atoms with van der Waals surface area (Å²) in [6, 6.07) is 7.39. The van der Waals surface area contributed by atoms with Gasteiger partial charge in [0.1, 0.15) is 0 Å². The summed E-state index contributed by atoms with van der Waals surface area (Å²) >= 11 is 0. The first-order chi connectivity index (χ1) is 11.3. The van der Waals surface area contributed by atoms with Crippen LogP contribution in [0.2, 0.25) is 0 Å². The molecule has 0 spiro atoms. The number of benzene rings is 1. The number of anilines is 2. The zero-order chi connectivity index (χ0) is 17.3. The van der Waals surface area contributed by atoms with Gasteiger partial charge in [-0.15, -0.1) is 0 Å². The Morgan fingerprint density at radius 2 is 2.12 bits per heavy atom. The Morgan fingerprint density at radius 3 is 2.79 bits per heavy atom. The molecule has 7 nitrogen and oxygen atoms in total. The number of rotatable bonds is 3. The smallest absolute Gasteiger partial charge is 0.268 e. The van der Waals surface area contributed by atoms with Gasteiger partial charge < -0.3 is 15.9 Å². The Kier molecular flexibility index (Phi) is 4.01. The van der Waals surface area contributed by atoms with Crippen molar-refractivity contribution < 1.29 is 9.63 Å². The summed E-state index contributed by atoms with van der Waals surface area (Å²) in [5.41, 5.74) is 8.52. The highest BCUT2D eigenvalue weighted by atomic mass is 16.6. The highest BCUT2D eigenvalue weighted by molar-refractivity contribution is 6.08. The molecule has 0 bridgehead atoms. The van der Waals surface area contributed by atoms with Gasteiger partial charge in [-0.05, 0) is 26.8 Å². The summed E-state index contributed by atoms with van der Waals surface area (Å²) in [5, 5.41) is 11.1. The van der Waals surface area contributed by atoms with Crippen molar-refractivity contribution in [3.8, 4) is 0 Å². The van der Waals surface area contributed by atoms with Crippen LogP contribution < -0.4 is 11.1 Å². The summed E-state index contributed by atoms with van der Waals surface area (Å²) in [6.07, 6.45) is 3.13. The number of carbonyl (C=O) groups is 1. The van der Waals surface area contributed by atoms with Crippen molar-refractivity contribution in [1.29, 1.82) is 0 Å². The highest BCUT2D eigenvalue weighted by Crippen LogP contribution is 2.22. The lowest BCUT2D eigenvalue weighted by atomic mass is 10.0. The van der Waals surface area contributed by atoms with Crippen LogP contribution >= 0.6 is 0 Å². The molecule has 2 aromatic rings. The monoisotopic (exact) mass is 327 g/mol. The number of amides is 1. The van der Waals surface area contributed by atoms with Crippen LogP contribution in [0.15, 0.2) is 41.8 Å². The number of nitrogens with zero attached hydrogens (tertiary/aromatic N) is 3. The molecule has 1 aliphatic rings. The van der Waals surface area contributed by atoms with Crippen LogP contribution in [-0.4, -0.2) is 27.5 Å². The van der Waals surface area contributed by atoms with Gasteiger partial charge in [0.2, 0.25) is 6.10 Å². The topological polar surface area (TPSA) is 94.5 Å². The number of nitrogen functional groups attached to an aromatic ring is 1. The molecule has 0 saturated heterocycles. The molecule has 1 amide bonds. The second-order valence-corrected chi connectivity index (χ2v) is 6.76. The van der Waals surface area contributed by atoms with Gasteiger partial charge in [0.15, 0.2) is 0 Å². The number of oxime groups is 1. The molecule has 1 aromatic heterocycles. The fraction of sp³-hybridized carbons (Fsp3) is 0.353. The SMILES string of the molecule is CC(C)(C)n1cc(NC(=O)C2CC(c3ccccc3N)=NO2)cn1. The van der Waals surface area contributed by atoms with Gasteiger partial charge in [-0.3, -0.25) is 9.48 Å². The van der Waals surface area contributed by atoms with E-state index in [4.69, 9.17) is 10.6 Å². The van der Waals surface area contributed by atoms with Crippen LogP contribution in [0.3, 0.4) is 0 Å². The lowest BCUT2D eigenvalue weighted by Crippen LogP contribution is -2.28. The van der Waals surface area contributed by atoms with Gasteiger partial charge in [0.25, 0.3) is 5.91 Å². The molecule has 24 heavy (non-hydrogen) atoms. The number of nitrogens with two attached hydrogens (primary N) is 1. The molecule has 126 valence electrons. The summed E-state index contributed by atoms with van der Waals surface area (Å²) in [7, 11) is 0. The van der Waals surface area contributed by atoms with E-state index in [9.17, 15) is 4.79 Å². The Bertz CT molecular complexity index is 788. The van der Waals surface area contributed by atoms with Crippen molar-refractivity contribution in [2.24, 2.45) is 5.16 Å². The molecular formula is C17H21N5O2. The quantitative estimate of drug-likeness (QED) is 0.846. The Balaban J connectivity index is 1.64. The van der Waals surface area contributed by atoms with Crippen LogP contribution in [0, 0.1) is 0 Å². The van der Waals surface area contributed by atoms with Crippen LogP contribution in [0.1, 0.15) is 32.8 Å². The average molecular weight is 327 g/mol. The first kappa shape index (κ1) is 16.0. The van der Waals surface area contributed by atoms with Crippen molar-refractivity contribution in [1.82, 2.24) is 9.78 Å². The third kappa shape index (κ3) is 3.24. The van der Waals surface area contributed by atoms with Crippen LogP contribution in [0.25, 0.3) is 0 Å². The molecule has 3 rings (SSSR count). The van der Waals surface area contributed by atoms with Crippen molar-refractivity contribution in [2.45, 2.75) is 38.8 Å². The molecule has 3 N–H and O–H groups in total. The molecule has 7 heteroatoms. The zero-order valence-corrected chi connectivity index (χ0v) is 14.0. The number of hydrogen-bond acceptors (Lipinski definition) is 5. The maximum atomic E-state index is 12.4. The van der Waals surface area contributed by atoms with Crippen molar-refractivity contribution in [3.63, 3.8) is 0 Å². The minimum Gasteiger partial charge on any atom is -0.398 e. The molecule has 1 atom stereocenters. The van der Waals surface area contributed by atoms with Gasteiger partial charge in [-0.1, -0.05) is 23.4 Å². The Morgan fingerprint density at radius 1 is 1.38 bits per heavy atom. The molecule has 2 heterocycles. The molecule has 0 fully saturated rings. The van der Waals surface area contributed by atoms with Crippen LogP contribution in [-0.2, 0) is 15.2 Å². The van der Waals surface area contributed by atoms with E-state index in [-0.39, 0.29) is 11.4 Å². The number of nitrogens with one attached hydrogen (secondary N) is 1. The maximum Gasteiger partial charge on any atom is 0.268 e. The predicted octanol–water partition coefficient (Wildman–Crippen LogP) is 2.35. The lowest BCUT2D eigenvalue weighted by Gasteiger charge is -2.18. The van der Waals surface area contributed by atoms with E-state index < -0.39 is 6.10 Å². The fourth-order valence-corrected chi connectivity index (χ4v) is 2.41. The molecule has 0 aliphatic carbocycles. The predicted molar refractivity (Wildman–Crippen MR) is 92.7 cm³/mol. The molecule has 1 unspecified atom stereocenters. The molecule has 0 saturated carbocycles. The maximum absolute atomic E-state index is 12.4. The molecule has 0 radical (unpaired) electrons. The van der Waals surface area contributed by atoms with Gasteiger partial charge in [-0.2, -0.15) is 5.10 Å². The third-order valence-electron chi connectivity index (χ3n) is 3.77. The average Bonchev–Trinajstić information content (AvgIpc) is 3.16. The van der Waals surface area contributed by atoms with Crippen molar-refractivity contribution in [2.75, 3.05) is 11.1 Å². The van der Waals surface area contributed by atoms with Gasteiger partial charge >= 0.3 is 0 Å². The van der Waals surface area contributed by atoms with E-state index in [1.165, 1.54) is 0 Å². The second-order valence-electron chi connectivity index (χ2n) is 6.76. The standard InChI is InChI=1S/C17H21N5O2/c1-17(2,3)22-10-11(9-19-22)20-16(23)15-8-14(21-24-15)12-6-4-5-7-13(12)18/h4-7,9-10,15H,8,18H2,1-3H3,(H,20,23). The van der Waals surface area contributed by atoms with Gasteiger partial charge in [0.05, 0.1) is 23.1 Å². The Labute approximate surface area is 140 Å². The van der Waals surface area contributed by atoms with Gasteiger partial charge in [-0.25, -0.2) is 0 Å². The highest BCUT2D eigenvalue weighted by Gasteiger charge is 2.30. The number of para-hydroxylation sites is 1. The first-order valence-electron chi connectivity index (χ1n) is 7.78. The summed E-state index contributed by atoms with van der Waals surface area (Å²) in [6.45, 7) is 6.11. The van der Waals surface area contributed by atoms with E-state index in [1.807, 2.05) is 39.0 Å². The fourth-order valence-electron chi connectivity index (χ4n) is 2.41. The number of aromatic nitrogens is 2. The van der Waals surface area contributed by atoms with E-state index in [2.05, 4.69) is 15.6 Å². The minimum atomic E-state index is -0.669. The number of carbonyl (C=O) groups excluding carboxylic acids is 1. The van der Waals surface area contributed by atoms with Gasteiger partial charge in [0, 0.05) is 23.9 Å². The van der Waals surface area contributed by atoms with Crippen molar-refractivity contribution >= 4 is 23.0 Å². The van der Waals surface area contributed by atoms with E-state index >= 15 is 0 Å². The summed E-state index contributed by atoms with van der Waals surface area (Å²) in [4.78, 5) is 17.6. The second kappa shape index (κ2) is 5.99. The minimum absolute atomic E-state index is 0.145. The van der Waals surface area contributed by atoms with Crippen molar-refractivity contribution in [3.05, 3.63) is 42.2 Å². The summed E-state index contributed by atoms with van der Waals surface area (Å²) < 4.78 is 1.80. The molecular weight excluding hydrogens is 306 g/mol. The Hall–Kier alpha value is -2.83. The zero-order valence-electron chi connectivity index (χ0n) is 14.0. The van der Waals surface area contributed by atoms with Crippen LogP contribution in [0.5, 0.6) is 0 Å². The number of hydrogen-bond donors (Lipinski definition) is 2. The van der Waals surface area contributed by atoms with E-state index in [0.29, 0.717) is 23.5 Å². The lowest BCUT2D eigenvalue weighted by molar-refractivity contribution is -0.125.